The molecule has 2 aromatic rings. The lowest BCUT2D eigenvalue weighted by atomic mass is 10.0. The van der Waals surface area contributed by atoms with Crippen LogP contribution >= 0.6 is 0 Å². The Hall–Kier alpha value is -3.27. The lowest BCUT2D eigenvalue weighted by Gasteiger charge is -2.20. The van der Waals surface area contributed by atoms with E-state index >= 15 is 0 Å². The van der Waals surface area contributed by atoms with Crippen LogP contribution < -0.4 is 16.2 Å². The zero-order valence-electron chi connectivity index (χ0n) is 16.7. The molecule has 1 aromatic heterocycles. The molecule has 0 radical (unpaired) electrons. The molecular weight excluding hydrogens is 399 g/mol. The normalized spacial score (nSPS) is 13.3. The molecule has 0 saturated heterocycles. The molecule has 30 heavy (non-hydrogen) atoms. The third-order valence-electron chi connectivity index (χ3n) is 4.39. The van der Waals surface area contributed by atoms with Gasteiger partial charge in [-0.05, 0) is 38.5 Å². The quantitative estimate of drug-likeness (QED) is 0.513. The van der Waals surface area contributed by atoms with Crippen molar-refractivity contribution in [2.75, 3.05) is 0 Å². The van der Waals surface area contributed by atoms with Crippen LogP contribution in [0.3, 0.4) is 0 Å². The molecule has 0 aliphatic rings. The molecule has 0 bridgehead atoms. The average molecular weight is 422 g/mol. The van der Waals surface area contributed by atoms with Gasteiger partial charge < -0.3 is 21.0 Å². The number of benzene rings is 1. The summed E-state index contributed by atoms with van der Waals surface area (Å²) >= 11 is 0. The Morgan fingerprint density at radius 2 is 1.90 bits per heavy atom. The Labute approximate surface area is 170 Å². The van der Waals surface area contributed by atoms with Gasteiger partial charge in [-0.15, -0.1) is 0 Å². The van der Waals surface area contributed by atoms with E-state index in [2.05, 4.69) is 15.3 Å². The highest BCUT2D eigenvalue weighted by Crippen LogP contribution is 2.29. The number of allylic oxidation sites excluding steroid dienone is 1. The number of amides is 1. The summed E-state index contributed by atoms with van der Waals surface area (Å²) < 4.78 is 38.1. The number of H-pyrrole nitrogens is 1. The maximum Gasteiger partial charge on any atom is 0.416 e. The fourth-order valence-corrected chi connectivity index (χ4v) is 2.62. The van der Waals surface area contributed by atoms with E-state index < -0.39 is 34.8 Å². The summed E-state index contributed by atoms with van der Waals surface area (Å²) in [6.45, 7) is 5.19. The molecule has 0 aliphatic carbocycles. The van der Waals surface area contributed by atoms with Gasteiger partial charge in [0.05, 0.1) is 17.8 Å². The molecule has 0 saturated carbocycles. The van der Waals surface area contributed by atoms with Crippen LogP contribution in [0.2, 0.25) is 0 Å². The largest absolute Gasteiger partial charge is 0.416 e. The zero-order valence-corrected chi connectivity index (χ0v) is 16.7. The van der Waals surface area contributed by atoms with Crippen LogP contribution in [-0.2, 0) is 11.7 Å². The topological polar surface area (TPSA) is 115 Å². The van der Waals surface area contributed by atoms with Gasteiger partial charge in [0, 0.05) is 18.4 Å². The SMILES string of the molecule is C[C@@H](NC(=O)c1cc(=O)[nH]c(C(C)(C)[NH2+]/C=C\C=N)n1)c1ccc(C(F)(F)F)cc1. The smallest absolute Gasteiger partial charge is 0.344 e. The first kappa shape index (κ1) is 23.0. The number of quaternary nitrogens is 1. The number of nitrogens with one attached hydrogen (secondary N) is 3. The van der Waals surface area contributed by atoms with Crippen molar-refractivity contribution in [3.05, 3.63) is 75.6 Å². The van der Waals surface area contributed by atoms with Crippen LogP contribution in [0.15, 0.2) is 47.4 Å². The van der Waals surface area contributed by atoms with Gasteiger partial charge in [-0.2, -0.15) is 13.2 Å². The van der Waals surface area contributed by atoms with E-state index in [0.29, 0.717) is 5.56 Å². The molecule has 0 aliphatic heterocycles. The van der Waals surface area contributed by atoms with Crippen LogP contribution in [0.5, 0.6) is 0 Å². The summed E-state index contributed by atoms with van der Waals surface area (Å²) in [6.07, 6.45) is -0.196. The minimum absolute atomic E-state index is 0.106. The Morgan fingerprint density at radius 1 is 1.27 bits per heavy atom. The van der Waals surface area contributed by atoms with Crippen molar-refractivity contribution in [1.29, 1.82) is 5.41 Å². The summed E-state index contributed by atoms with van der Waals surface area (Å²) in [5.74, 6) is -0.363. The minimum Gasteiger partial charge on any atom is -0.344 e. The molecule has 5 N–H and O–H groups in total. The third kappa shape index (κ3) is 5.86. The Morgan fingerprint density at radius 3 is 2.47 bits per heavy atom. The van der Waals surface area contributed by atoms with Crippen LogP contribution in [0, 0.1) is 5.41 Å². The van der Waals surface area contributed by atoms with Crippen molar-refractivity contribution in [2.24, 2.45) is 0 Å². The summed E-state index contributed by atoms with van der Waals surface area (Å²) in [6, 6.07) is 4.93. The number of nitrogens with two attached hydrogens (primary N) is 1. The maximum absolute atomic E-state index is 12.7. The van der Waals surface area contributed by atoms with Crippen molar-refractivity contribution in [3.63, 3.8) is 0 Å². The molecule has 1 heterocycles. The van der Waals surface area contributed by atoms with Crippen LogP contribution in [0.25, 0.3) is 0 Å². The summed E-state index contributed by atoms with van der Waals surface area (Å²) in [5, 5.41) is 11.4. The van der Waals surface area contributed by atoms with Crippen LogP contribution in [0.4, 0.5) is 13.2 Å². The number of nitrogens with zero attached hydrogens (tertiary/aromatic N) is 1. The highest BCUT2D eigenvalue weighted by atomic mass is 19.4. The zero-order chi connectivity index (χ0) is 22.5. The minimum atomic E-state index is -4.44. The molecule has 1 amide bonds. The highest BCUT2D eigenvalue weighted by Gasteiger charge is 2.30. The van der Waals surface area contributed by atoms with Gasteiger partial charge >= 0.3 is 6.18 Å². The molecule has 1 aromatic carbocycles. The fraction of sp³-hybridized carbons (Fsp3) is 0.300. The van der Waals surface area contributed by atoms with E-state index in [-0.39, 0.29) is 11.5 Å². The first-order chi connectivity index (χ1) is 13.9. The van der Waals surface area contributed by atoms with Gasteiger partial charge in [0.2, 0.25) is 0 Å². The maximum atomic E-state index is 12.7. The number of alkyl halides is 3. The Kier molecular flexibility index (Phi) is 6.93. The molecule has 7 nitrogen and oxygen atoms in total. The van der Waals surface area contributed by atoms with Gasteiger partial charge in [0.15, 0.2) is 11.4 Å². The first-order valence-electron chi connectivity index (χ1n) is 9.05. The predicted molar refractivity (Wildman–Crippen MR) is 105 cm³/mol. The number of carbonyl (C=O) groups is 1. The highest BCUT2D eigenvalue weighted by molar-refractivity contribution is 5.92. The lowest BCUT2D eigenvalue weighted by molar-refractivity contribution is -0.672. The molecule has 1 atom stereocenters. The number of aromatic nitrogens is 2. The van der Waals surface area contributed by atoms with Crippen molar-refractivity contribution in [2.45, 2.75) is 38.5 Å². The number of halogens is 3. The van der Waals surface area contributed by atoms with Gasteiger partial charge in [0.1, 0.15) is 5.69 Å². The van der Waals surface area contributed by atoms with Gasteiger partial charge in [-0.3, -0.25) is 9.59 Å². The van der Waals surface area contributed by atoms with E-state index in [1.165, 1.54) is 18.2 Å². The molecule has 0 unspecified atom stereocenters. The molecule has 10 heteroatoms. The van der Waals surface area contributed by atoms with Crippen molar-refractivity contribution < 1.29 is 23.3 Å². The third-order valence-corrected chi connectivity index (χ3v) is 4.39. The van der Waals surface area contributed by atoms with Gasteiger partial charge in [0.25, 0.3) is 11.5 Å². The van der Waals surface area contributed by atoms with Gasteiger partial charge in [-0.25, -0.2) is 4.98 Å². The molecule has 160 valence electrons. The Bertz CT molecular complexity index is 995. The number of hydrogen-bond acceptors (Lipinski definition) is 4. The lowest BCUT2D eigenvalue weighted by Crippen LogP contribution is -2.88. The molecule has 0 spiro atoms. The average Bonchev–Trinajstić information content (AvgIpc) is 2.67. The second-order valence-corrected chi connectivity index (χ2v) is 7.23. The van der Waals surface area contributed by atoms with Crippen molar-refractivity contribution in [3.8, 4) is 0 Å². The number of hydrogen-bond donors (Lipinski definition) is 4. The second kappa shape index (κ2) is 9.04. The number of rotatable bonds is 7. The predicted octanol–water partition coefficient (Wildman–Crippen LogP) is 2.24. The van der Waals surface area contributed by atoms with E-state index in [0.717, 1.165) is 24.4 Å². The summed E-state index contributed by atoms with van der Waals surface area (Å²) in [4.78, 5) is 31.5. The standard InChI is InChI=1S/C20H22F3N5O2/c1-12(13-5-7-14(8-6-13)20(21,22)23)26-17(30)15-11-16(29)28-18(27-15)19(2,3)25-10-4-9-24/h4-12,24-25H,1-3H3,(H,26,30)(H,27,28,29)/p+1/b10-4-,24-9?/t12-/m1/s1. The van der Waals surface area contributed by atoms with Crippen molar-refractivity contribution >= 4 is 12.1 Å². The van der Waals surface area contributed by atoms with Crippen LogP contribution in [0.1, 0.15) is 54.3 Å². The number of aromatic amines is 1. The van der Waals surface area contributed by atoms with E-state index in [9.17, 15) is 22.8 Å². The monoisotopic (exact) mass is 422 g/mol. The van der Waals surface area contributed by atoms with Crippen LogP contribution in [-0.4, -0.2) is 22.1 Å². The molecule has 2 rings (SSSR count). The van der Waals surface area contributed by atoms with Gasteiger partial charge in [-0.1, -0.05) is 12.1 Å². The summed E-state index contributed by atoms with van der Waals surface area (Å²) in [5.41, 5.74) is -1.63. The summed E-state index contributed by atoms with van der Waals surface area (Å²) in [7, 11) is 0. The molecule has 0 fully saturated rings. The van der Waals surface area contributed by atoms with E-state index in [4.69, 9.17) is 5.41 Å². The van der Waals surface area contributed by atoms with Crippen molar-refractivity contribution in [1.82, 2.24) is 15.3 Å². The fourth-order valence-electron chi connectivity index (χ4n) is 2.62. The Balaban J connectivity index is 2.20. The van der Waals surface area contributed by atoms with E-state index in [1.54, 1.807) is 32.3 Å². The molecular formula is C20H23F3N5O2+. The first-order valence-corrected chi connectivity index (χ1v) is 9.05. The van der Waals surface area contributed by atoms with E-state index in [1.807, 2.05) is 0 Å². The number of carbonyl (C=O) groups excluding carboxylic acids is 1. The second-order valence-electron chi connectivity index (χ2n) is 7.23.